The number of benzene rings is 2. The molecule has 28 heavy (non-hydrogen) atoms. The minimum Gasteiger partial charge on any atom is -0.382 e. The molecule has 5 N–H and O–H groups in total. The largest absolute Gasteiger partial charge is 0.382 e. The number of nitrogens with one attached hydrogen (secondary N) is 3. The highest BCUT2D eigenvalue weighted by atomic mass is 19.1. The van der Waals surface area contributed by atoms with Gasteiger partial charge in [-0.1, -0.05) is 18.2 Å². The second kappa shape index (κ2) is 6.95. The standard InChI is InChI=1S/C19H16FN7O/c1-10-5-6-13(20)15(7-10)24-19(28)25-18-22-8-11(9-23-18)12-3-2-4-14-16(12)17(21)27-26-14/h2-9H,1H3,(H3,21,26,27)(H2,22,23,24,25,28). The maximum Gasteiger partial charge on any atom is 0.326 e. The summed E-state index contributed by atoms with van der Waals surface area (Å²) in [6, 6.07) is 9.42. The smallest absolute Gasteiger partial charge is 0.326 e. The number of amides is 2. The lowest BCUT2D eigenvalue weighted by Gasteiger charge is -2.09. The molecule has 2 amide bonds. The van der Waals surface area contributed by atoms with E-state index in [1.807, 2.05) is 18.2 Å². The van der Waals surface area contributed by atoms with Gasteiger partial charge in [0.05, 0.1) is 16.6 Å². The second-order valence-electron chi connectivity index (χ2n) is 6.19. The van der Waals surface area contributed by atoms with Crippen LogP contribution in [0.25, 0.3) is 22.0 Å². The molecule has 140 valence electrons. The first-order chi connectivity index (χ1) is 13.5. The first-order valence-electron chi connectivity index (χ1n) is 8.40. The average molecular weight is 377 g/mol. The van der Waals surface area contributed by atoms with Gasteiger partial charge < -0.3 is 11.1 Å². The highest BCUT2D eigenvalue weighted by molar-refractivity contribution is 6.01. The van der Waals surface area contributed by atoms with E-state index in [0.29, 0.717) is 5.82 Å². The lowest BCUT2D eigenvalue weighted by atomic mass is 10.0. The van der Waals surface area contributed by atoms with Gasteiger partial charge in [0.25, 0.3) is 0 Å². The lowest BCUT2D eigenvalue weighted by Crippen LogP contribution is -2.21. The molecular formula is C19H16FN7O. The van der Waals surface area contributed by atoms with Crippen molar-refractivity contribution in [3.05, 3.63) is 60.2 Å². The molecule has 0 spiro atoms. The van der Waals surface area contributed by atoms with Gasteiger partial charge in [-0.15, -0.1) is 0 Å². The number of carbonyl (C=O) groups is 1. The summed E-state index contributed by atoms with van der Waals surface area (Å²) < 4.78 is 13.8. The molecule has 0 atom stereocenters. The number of anilines is 3. The molecule has 4 rings (SSSR count). The summed E-state index contributed by atoms with van der Waals surface area (Å²) in [5, 5.41) is 12.6. The first kappa shape index (κ1) is 17.4. The minimum absolute atomic E-state index is 0.0798. The third-order valence-electron chi connectivity index (χ3n) is 4.18. The molecule has 2 aromatic heterocycles. The molecule has 0 unspecified atom stereocenters. The van der Waals surface area contributed by atoms with Crippen LogP contribution in [0.3, 0.4) is 0 Å². The molecule has 0 fully saturated rings. The van der Waals surface area contributed by atoms with Gasteiger partial charge in [-0.05, 0) is 36.2 Å². The Labute approximate surface area is 159 Å². The maximum absolute atomic E-state index is 13.8. The van der Waals surface area contributed by atoms with Gasteiger partial charge in [0.1, 0.15) is 5.82 Å². The number of aromatic amines is 1. The Morgan fingerprint density at radius 2 is 1.93 bits per heavy atom. The van der Waals surface area contributed by atoms with Crippen LogP contribution in [0.15, 0.2) is 48.8 Å². The zero-order valence-corrected chi connectivity index (χ0v) is 14.8. The third-order valence-corrected chi connectivity index (χ3v) is 4.18. The number of H-pyrrole nitrogens is 1. The van der Waals surface area contributed by atoms with Crippen molar-refractivity contribution in [3.63, 3.8) is 0 Å². The fraction of sp³-hybridized carbons (Fsp3) is 0.0526. The number of aromatic nitrogens is 4. The van der Waals surface area contributed by atoms with Crippen molar-refractivity contribution in [2.45, 2.75) is 6.92 Å². The monoisotopic (exact) mass is 377 g/mol. The summed E-state index contributed by atoms with van der Waals surface area (Å²) in [5.41, 5.74) is 9.17. The SMILES string of the molecule is Cc1ccc(F)c(NC(=O)Nc2ncc(-c3cccc4[nH]nc(N)c34)cn2)c1. The van der Waals surface area contributed by atoms with Crippen molar-refractivity contribution in [1.29, 1.82) is 0 Å². The predicted octanol–water partition coefficient (Wildman–Crippen LogP) is 3.69. The number of hydrogen-bond acceptors (Lipinski definition) is 5. The van der Waals surface area contributed by atoms with Crippen LogP contribution >= 0.6 is 0 Å². The van der Waals surface area contributed by atoms with Crippen LogP contribution in [-0.4, -0.2) is 26.2 Å². The Hall–Kier alpha value is -4.01. The summed E-state index contributed by atoms with van der Waals surface area (Å²) in [4.78, 5) is 20.4. The third kappa shape index (κ3) is 3.32. The summed E-state index contributed by atoms with van der Waals surface area (Å²) in [5.74, 6) is -0.0585. The Kier molecular flexibility index (Phi) is 4.32. The van der Waals surface area contributed by atoms with Crippen LogP contribution < -0.4 is 16.4 Å². The molecule has 0 saturated carbocycles. The average Bonchev–Trinajstić information content (AvgIpc) is 3.07. The van der Waals surface area contributed by atoms with E-state index < -0.39 is 11.8 Å². The van der Waals surface area contributed by atoms with E-state index in [1.54, 1.807) is 25.4 Å². The molecule has 0 aliphatic carbocycles. The number of nitrogen functional groups attached to an aromatic ring is 1. The van der Waals surface area contributed by atoms with Crippen LogP contribution in [0.2, 0.25) is 0 Å². The predicted molar refractivity (Wildman–Crippen MR) is 105 cm³/mol. The van der Waals surface area contributed by atoms with Gasteiger partial charge in [-0.2, -0.15) is 5.10 Å². The number of nitrogens with zero attached hydrogens (tertiary/aromatic N) is 3. The molecule has 2 heterocycles. The highest BCUT2D eigenvalue weighted by Crippen LogP contribution is 2.30. The maximum atomic E-state index is 13.8. The van der Waals surface area contributed by atoms with Gasteiger partial charge in [0, 0.05) is 18.0 Å². The quantitative estimate of drug-likeness (QED) is 0.434. The van der Waals surface area contributed by atoms with Crippen molar-refractivity contribution in [3.8, 4) is 11.1 Å². The van der Waals surface area contributed by atoms with E-state index in [0.717, 1.165) is 27.6 Å². The fourth-order valence-corrected chi connectivity index (χ4v) is 2.86. The number of fused-ring (bicyclic) bond motifs is 1. The van der Waals surface area contributed by atoms with Gasteiger partial charge in [0.15, 0.2) is 5.82 Å². The normalized spacial score (nSPS) is 10.8. The molecule has 8 nitrogen and oxygen atoms in total. The van der Waals surface area contributed by atoms with Gasteiger partial charge in [0.2, 0.25) is 5.95 Å². The Morgan fingerprint density at radius 3 is 2.71 bits per heavy atom. The Morgan fingerprint density at radius 1 is 1.14 bits per heavy atom. The molecule has 9 heteroatoms. The van der Waals surface area contributed by atoms with Crippen molar-refractivity contribution in [2.75, 3.05) is 16.4 Å². The van der Waals surface area contributed by atoms with Crippen LogP contribution in [0.5, 0.6) is 0 Å². The number of halogens is 1. The summed E-state index contributed by atoms with van der Waals surface area (Å²) in [7, 11) is 0. The molecule has 4 aromatic rings. The van der Waals surface area contributed by atoms with E-state index in [-0.39, 0.29) is 11.6 Å². The van der Waals surface area contributed by atoms with Crippen LogP contribution in [0, 0.1) is 12.7 Å². The summed E-state index contributed by atoms with van der Waals surface area (Å²) in [6.07, 6.45) is 3.13. The minimum atomic E-state index is -0.640. The molecule has 0 saturated heterocycles. The van der Waals surface area contributed by atoms with Gasteiger partial charge in [-0.3, -0.25) is 10.4 Å². The fourth-order valence-electron chi connectivity index (χ4n) is 2.86. The van der Waals surface area contributed by atoms with Gasteiger partial charge in [-0.25, -0.2) is 19.2 Å². The van der Waals surface area contributed by atoms with Crippen LogP contribution in [-0.2, 0) is 0 Å². The van der Waals surface area contributed by atoms with Crippen molar-refractivity contribution >= 4 is 34.4 Å². The number of rotatable bonds is 3. The number of urea groups is 1. The van der Waals surface area contributed by atoms with E-state index in [2.05, 4.69) is 30.8 Å². The Bertz CT molecular complexity index is 1170. The van der Waals surface area contributed by atoms with E-state index in [9.17, 15) is 9.18 Å². The summed E-state index contributed by atoms with van der Waals surface area (Å²) >= 11 is 0. The Balaban J connectivity index is 1.52. The zero-order valence-electron chi connectivity index (χ0n) is 14.8. The molecule has 0 aliphatic rings. The number of nitrogens with two attached hydrogens (primary N) is 1. The zero-order chi connectivity index (χ0) is 19.7. The van der Waals surface area contributed by atoms with E-state index in [1.165, 1.54) is 12.1 Å². The van der Waals surface area contributed by atoms with Crippen LogP contribution in [0.1, 0.15) is 5.56 Å². The summed E-state index contributed by atoms with van der Waals surface area (Å²) in [6.45, 7) is 1.80. The number of carbonyl (C=O) groups excluding carboxylic acids is 1. The molecule has 0 aliphatic heterocycles. The molecule has 0 radical (unpaired) electrons. The van der Waals surface area contributed by atoms with Crippen molar-refractivity contribution < 1.29 is 9.18 Å². The lowest BCUT2D eigenvalue weighted by molar-refractivity contribution is 0.262. The highest BCUT2D eigenvalue weighted by Gasteiger charge is 2.12. The van der Waals surface area contributed by atoms with Gasteiger partial charge >= 0.3 is 6.03 Å². The number of aryl methyl sites for hydroxylation is 1. The van der Waals surface area contributed by atoms with Crippen LogP contribution in [0.4, 0.5) is 26.6 Å². The number of hydrogen-bond donors (Lipinski definition) is 4. The van der Waals surface area contributed by atoms with E-state index >= 15 is 0 Å². The molecule has 2 aromatic carbocycles. The topological polar surface area (TPSA) is 122 Å². The van der Waals surface area contributed by atoms with E-state index in [4.69, 9.17) is 5.73 Å². The van der Waals surface area contributed by atoms with Crippen molar-refractivity contribution in [1.82, 2.24) is 20.2 Å². The second-order valence-corrected chi connectivity index (χ2v) is 6.19. The molecule has 0 bridgehead atoms. The van der Waals surface area contributed by atoms with Crippen molar-refractivity contribution in [2.24, 2.45) is 0 Å². The molecular weight excluding hydrogens is 361 g/mol. The first-order valence-corrected chi connectivity index (χ1v) is 8.40.